The van der Waals surface area contributed by atoms with Crippen LogP contribution in [0.15, 0.2) is 16.6 Å². The minimum atomic E-state index is 0.338. The summed E-state index contributed by atoms with van der Waals surface area (Å²) in [6.07, 6.45) is 2.46. The molecule has 2 aliphatic heterocycles. The summed E-state index contributed by atoms with van der Waals surface area (Å²) in [5.74, 6) is 2.35. The molecule has 0 spiro atoms. The highest BCUT2D eigenvalue weighted by atomic mass is 79.9. The molecule has 1 fully saturated rings. The van der Waals surface area contributed by atoms with E-state index in [0.29, 0.717) is 12.7 Å². The third-order valence-corrected chi connectivity index (χ3v) is 3.86. The van der Waals surface area contributed by atoms with E-state index in [9.17, 15) is 0 Å². The number of halogens is 1. The van der Waals surface area contributed by atoms with E-state index in [1.807, 2.05) is 0 Å². The molecule has 16 heavy (non-hydrogen) atoms. The van der Waals surface area contributed by atoms with Gasteiger partial charge < -0.3 is 14.8 Å². The van der Waals surface area contributed by atoms with E-state index in [1.165, 1.54) is 18.4 Å². The maximum atomic E-state index is 5.58. The molecule has 1 unspecified atom stereocenters. The molecule has 1 saturated heterocycles. The van der Waals surface area contributed by atoms with Crippen molar-refractivity contribution in [2.75, 3.05) is 19.9 Å². The van der Waals surface area contributed by atoms with Crippen LogP contribution in [0, 0.1) is 0 Å². The molecule has 0 aromatic heterocycles. The molecule has 3 nitrogen and oxygen atoms in total. The van der Waals surface area contributed by atoms with Crippen molar-refractivity contribution in [1.29, 1.82) is 0 Å². The molecular formula is C12H14BrNO2. The molecule has 4 heteroatoms. The summed E-state index contributed by atoms with van der Waals surface area (Å²) in [5.41, 5.74) is 1.28. The minimum Gasteiger partial charge on any atom is -0.453 e. The Morgan fingerprint density at radius 3 is 2.94 bits per heavy atom. The minimum absolute atomic E-state index is 0.338. The monoisotopic (exact) mass is 283 g/mol. The number of piperidine rings is 1. The maximum absolute atomic E-state index is 5.58. The van der Waals surface area contributed by atoms with Gasteiger partial charge in [-0.05, 0) is 41.4 Å². The summed E-state index contributed by atoms with van der Waals surface area (Å²) >= 11 is 3.48. The first-order valence-corrected chi connectivity index (χ1v) is 6.44. The Morgan fingerprint density at radius 2 is 2.12 bits per heavy atom. The lowest BCUT2D eigenvalue weighted by molar-refractivity contribution is 0.172. The maximum Gasteiger partial charge on any atom is 0.231 e. The van der Waals surface area contributed by atoms with Crippen LogP contribution in [-0.2, 0) is 0 Å². The van der Waals surface area contributed by atoms with Crippen molar-refractivity contribution in [2.24, 2.45) is 0 Å². The molecule has 1 atom stereocenters. The number of fused-ring (bicyclic) bond motifs is 1. The van der Waals surface area contributed by atoms with Crippen LogP contribution < -0.4 is 14.8 Å². The second-order valence-corrected chi connectivity index (χ2v) is 5.10. The molecule has 1 aromatic rings. The fraction of sp³-hybridized carbons (Fsp3) is 0.500. The summed E-state index contributed by atoms with van der Waals surface area (Å²) in [6, 6.07) is 4.20. The smallest absolute Gasteiger partial charge is 0.231 e. The summed E-state index contributed by atoms with van der Waals surface area (Å²) in [7, 11) is 0. The van der Waals surface area contributed by atoms with Gasteiger partial charge in [0.25, 0.3) is 0 Å². The lowest BCUT2D eigenvalue weighted by Gasteiger charge is -2.24. The predicted molar refractivity (Wildman–Crippen MR) is 65.1 cm³/mol. The van der Waals surface area contributed by atoms with Crippen LogP contribution in [-0.4, -0.2) is 19.9 Å². The molecule has 0 radical (unpaired) electrons. The van der Waals surface area contributed by atoms with Crippen molar-refractivity contribution < 1.29 is 9.47 Å². The average Bonchev–Trinajstić information content (AvgIpc) is 2.81. The summed E-state index contributed by atoms with van der Waals surface area (Å²) in [4.78, 5) is 0. The molecule has 0 saturated carbocycles. The fourth-order valence-corrected chi connectivity index (χ4v) is 2.85. The average molecular weight is 284 g/mol. The van der Waals surface area contributed by atoms with Gasteiger partial charge >= 0.3 is 0 Å². The van der Waals surface area contributed by atoms with Crippen LogP contribution in [0.5, 0.6) is 11.5 Å². The molecule has 1 N–H and O–H groups in total. The topological polar surface area (TPSA) is 30.5 Å². The zero-order chi connectivity index (χ0) is 11.0. The Labute approximate surface area is 103 Å². The first kappa shape index (κ1) is 10.4. The molecule has 0 bridgehead atoms. The van der Waals surface area contributed by atoms with Gasteiger partial charge in [-0.1, -0.05) is 6.07 Å². The van der Waals surface area contributed by atoms with Crippen LogP contribution in [0.2, 0.25) is 0 Å². The van der Waals surface area contributed by atoms with Gasteiger partial charge in [0.15, 0.2) is 11.5 Å². The Kier molecular flexibility index (Phi) is 2.77. The molecule has 1 aromatic carbocycles. The molecule has 3 rings (SSSR count). The third kappa shape index (κ3) is 1.70. The zero-order valence-electron chi connectivity index (χ0n) is 8.96. The third-order valence-electron chi connectivity index (χ3n) is 3.24. The number of nitrogens with one attached hydrogen (secondary N) is 1. The fourth-order valence-electron chi connectivity index (χ4n) is 2.42. The number of benzene rings is 1. The predicted octanol–water partition coefficient (Wildman–Crippen LogP) is 2.64. The van der Waals surface area contributed by atoms with E-state index in [-0.39, 0.29) is 0 Å². The largest absolute Gasteiger partial charge is 0.453 e. The number of hydrogen-bond donors (Lipinski definition) is 1. The van der Waals surface area contributed by atoms with Gasteiger partial charge in [-0.15, -0.1) is 0 Å². The Balaban J connectivity index is 1.98. The van der Waals surface area contributed by atoms with Crippen molar-refractivity contribution >= 4 is 15.9 Å². The lowest BCUT2D eigenvalue weighted by atomic mass is 9.91. The first-order chi connectivity index (χ1) is 7.86. The highest BCUT2D eigenvalue weighted by molar-refractivity contribution is 9.10. The van der Waals surface area contributed by atoms with Crippen molar-refractivity contribution in [3.05, 3.63) is 22.2 Å². The van der Waals surface area contributed by atoms with E-state index < -0.39 is 0 Å². The normalized spacial score (nSPS) is 23.4. The van der Waals surface area contributed by atoms with Crippen LogP contribution >= 0.6 is 15.9 Å². The van der Waals surface area contributed by atoms with Crippen molar-refractivity contribution in [2.45, 2.75) is 18.8 Å². The summed E-state index contributed by atoms with van der Waals surface area (Å²) < 4.78 is 12.0. The molecule has 0 aliphatic carbocycles. The Bertz CT molecular complexity index is 402. The van der Waals surface area contributed by atoms with Crippen LogP contribution in [0.25, 0.3) is 0 Å². The van der Waals surface area contributed by atoms with Crippen LogP contribution in [0.1, 0.15) is 24.3 Å². The molecule has 0 amide bonds. The van der Waals surface area contributed by atoms with Gasteiger partial charge in [-0.3, -0.25) is 0 Å². The Morgan fingerprint density at radius 1 is 1.25 bits per heavy atom. The van der Waals surface area contributed by atoms with Crippen LogP contribution in [0.3, 0.4) is 0 Å². The van der Waals surface area contributed by atoms with Gasteiger partial charge in [0, 0.05) is 18.0 Å². The summed E-state index contributed by atoms with van der Waals surface area (Å²) in [5, 5.41) is 3.43. The summed E-state index contributed by atoms with van der Waals surface area (Å²) in [6.45, 7) is 2.51. The second-order valence-electron chi connectivity index (χ2n) is 4.24. The van der Waals surface area contributed by atoms with Crippen molar-refractivity contribution in [1.82, 2.24) is 5.32 Å². The van der Waals surface area contributed by atoms with Crippen LogP contribution in [0.4, 0.5) is 0 Å². The molecule has 2 heterocycles. The van der Waals surface area contributed by atoms with Crippen molar-refractivity contribution in [3.8, 4) is 11.5 Å². The lowest BCUT2D eigenvalue weighted by Crippen LogP contribution is -2.28. The van der Waals surface area contributed by atoms with E-state index in [4.69, 9.17) is 9.47 Å². The molecule has 2 aliphatic rings. The van der Waals surface area contributed by atoms with E-state index >= 15 is 0 Å². The molecular weight excluding hydrogens is 270 g/mol. The SMILES string of the molecule is Brc1ccc(C2CCCNC2)c2c1OCO2. The van der Waals surface area contributed by atoms with Crippen molar-refractivity contribution in [3.63, 3.8) is 0 Å². The van der Waals surface area contributed by atoms with Gasteiger partial charge in [0.1, 0.15) is 0 Å². The highest BCUT2D eigenvalue weighted by Gasteiger charge is 2.26. The quantitative estimate of drug-likeness (QED) is 0.860. The van der Waals surface area contributed by atoms with E-state index in [1.54, 1.807) is 0 Å². The molecule has 86 valence electrons. The van der Waals surface area contributed by atoms with Gasteiger partial charge in [0.2, 0.25) is 6.79 Å². The van der Waals surface area contributed by atoms with Gasteiger partial charge in [0.05, 0.1) is 4.47 Å². The first-order valence-electron chi connectivity index (χ1n) is 5.65. The highest BCUT2D eigenvalue weighted by Crippen LogP contribution is 2.45. The standard InChI is InChI=1S/C12H14BrNO2/c13-10-4-3-9(8-2-1-5-14-6-8)11-12(10)16-7-15-11/h3-4,8,14H,1-2,5-7H2. The van der Waals surface area contributed by atoms with E-state index in [0.717, 1.165) is 29.1 Å². The number of rotatable bonds is 1. The van der Waals surface area contributed by atoms with Gasteiger partial charge in [-0.2, -0.15) is 0 Å². The number of hydrogen-bond acceptors (Lipinski definition) is 3. The van der Waals surface area contributed by atoms with Gasteiger partial charge in [-0.25, -0.2) is 0 Å². The second kappa shape index (κ2) is 4.26. The number of ether oxygens (including phenoxy) is 2. The zero-order valence-corrected chi connectivity index (χ0v) is 10.5. The van der Waals surface area contributed by atoms with E-state index in [2.05, 4.69) is 33.4 Å². The Hall–Kier alpha value is -0.740.